The maximum Gasteiger partial charge on any atom is 0.323 e. The summed E-state index contributed by atoms with van der Waals surface area (Å²) in [5, 5.41) is 14.0. The Morgan fingerprint density at radius 2 is 2.21 bits per heavy atom. The molecule has 1 saturated heterocycles. The molecule has 0 saturated carbocycles. The second-order valence-corrected chi connectivity index (χ2v) is 4.50. The lowest BCUT2D eigenvalue weighted by molar-refractivity contribution is -0.391. The largest absolute Gasteiger partial charge is 0.358 e. The fourth-order valence-corrected chi connectivity index (χ4v) is 2.18. The van der Waals surface area contributed by atoms with Crippen molar-refractivity contribution in [1.82, 2.24) is 14.8 Å². The monoisotopic (exact) mass is 288 g/mol. The molecule has 106 valence electrons. The van der Waals surface area contributed by atoms with Crippen molar-refractivity contribution in [3.63, 3.8) is 0 Å². The highest BCUT2D eigenvalue weighted by Gasteiger charge is 2.27. The molecule has 1 aromatic rings. The van der Waals surface area contributed by atoms with E-state index in [1.54, 1.807) is 4.90 Å². The second kappa shape index (κ2) is 6.03. The van der Waals surface area contributed by atoms with Crippen molar-refractivity contribution in [2.45, 2.75) is 13.0 Å². The number of carbonyl (C=O) groups is 1. The van der Waals surface area contributed by atoms with Crippen LogP contribution in [-0.4, -0.2) is 46.0 Å². The minimum atomic E-state index is -0.489. The van der Waals surface area contributed by atoms with Gasteiger partial charge in [0, 0.05) is 31.7 Å². The second-order valence-electron chi connectivity index (χ2n) is 4.50. The third-order valence-corrected chi connectivity index (χ3v) is 3.16. The average molecular weight is 289 g/mol. The predicted octanol–water partition coefficient (Wildman–Crippen LogP) is 0.789. The molecule has 1 N–H and O–H groups in total. The molecule has 7 nitrogen and oxygen atoms in total. The summed E-state index contributed by atoms with van der Waals surface area (Å²) in [6.45, 7) is 4.01. The number of hydrogen-bond acceptors (Lipinski definition) is 4. The van der Waals surface area contributed by atoms with Crippen molar-refractivity contribution in [2.75, 3.05) is 19.6 Å². The van der Waals surface area contributed by atoms with Crippen LogP contribution >= 0.6 is 12.4 Å². The third kappa shape index (κ3) is 3.05. The van der Waals surface area contributed by atoms with E-state index in [1.807, 2.05) is 6.92 Å². The van der Waals surface area contributed by atoms with E-state index in [1.165, 1.54) is 23.7 Å². The first kappa shape index (κ1) is 15.5. The van der Waals surface area contributed by atoms with E-state index in [9.17, 15) is 14.9 Å². The first-order valence-corrected chi connectivity index (χ1v) is 5.83. The number of nitro groups is 1. The van der Waals surface area contributed by atoms with Gasteiger partial charge in [0.05, 0.1) is 7.05 Å². The number of amides is 1. The van der Waals surface area contributed by atoms with Crippen LogP contribution in [0, 0.1) is 10.1 Å². The van der Waals surface area contributed by atoms with E-state index in [0.717, 1.165) is 6.54 Å². The first-order valence-electron chi connectivity index (χ1n) is 5.83. The van der Waals surface area contributed by atoms with E-state index < -0.39 is 4.92 Å². The van der Waals surface area contributed by atoms with Crippen LogP contribution in [0.2, 0.25) is 0 Å². The highest BCUT2D eigenvalue weighted by molar-refractivity contribution is 5.93. The Morgan fingerprint density at radius 3 is 2.74 bits per heavy atom. The molecule has 1 aliphatic rings. The lowest BCUT2D eigenvalue weighted by atomic mass is 10.2. The van der Waals surface area contributed by atoms with E-state index in [0.29, 0.717) is 18.8 Å². The molecule has 1 fully saturated rings. The van der Waals surface area contributed by atoms with Crippen LogP contribution < -0.4 is 5.32 Å². The molecule has 1 amide bonds. The fraction of sp³-hybridized carbons (Fsp3) is 0.545. The molecule has 1 aliphatic heterocycles. The molecule has 0 spiro atoms. The quantitative estimate of drug-likeness (QED) is 0.644. The predicted molar refractivity (Wildman–Crippen MR) is 72.7 cm³/mol. The molecule has 0 radical (unpaired) electrons. The summed E-state index contributed by atoms with van der Waals surface area (Å²) < 4.78 is 1.33. The van der Waals surface area contributed by atoms with Gasteiger partial charge in [-0.3, -0.25) is 4.79 Å². The smallest absolute Gasteiger partial charge is 0.323 e. The lowest BCUT2D eigenvalue weighted by Crippen LogP contribution is -2.51. The van der Waals surface area contributed by atoms with Crippen LogP contribution in [0.3, 0.4) is 0 Å². The topological polar surface area (TPSA) is 80.4 Å². The van der Waals surface area contributed by atoms with E-state index in [-0.39, 0.29) is 30.2 Å². The van der Waals surface area contributed by atoms with Gasteiger partial charge in [-0.05, 0) is 17.9 Å². The van der Waals surface area contributed by atoms with Crippen molar-refractivity contribution in [1.29, 1.82) is 0 Å². The molecular weight excluding hydrogens is 272 g/mol. The Labute approximate surface area is 117 Å². The third-order valence-electron chi connectivity index (χ3n) is 3.16. The molecule has 2 rings (SSSR count). The number of piperazine rings is 1. The van der Waals surface area contributed by atoms with E-state index in [4.69, 9.17) is 0 Å². The van der Waals surface area contributed by atoms with Gasteiger partial charge in [0.1, 0.15) is 0 Å². The Bertz CT molecular complexity index is 488. The summed E-state index contributed by atoms with van der Waals surface area (Å²) in [4.78, 5) is 24.2. The normalized spacial score (nSPS) is 18.8. The van der Waals surface area contributed by atoms with Crippen LogP contribution in [0.4, 0.5) is 5.82 Å². The average Bonchev–Trinajstić information content (AvgIpc) is 2.70. The van der Waals surface area contributed by atoms with E-state index >= 15 is 0 Å². The first-order chi connectivity index (χ1) is 8.50. The summed E-state index contributed by atoms with van der Waals surface area (Å²) in [7, 11) is 1.54. The minimum absolute atomic E-state index is 0. The zero-order chi connectivity index (χ0) is 13.3. The Morgan fingerprint density at radius 1 is 1.53 bits per heavy atom. The van der Waals surface area contributed by atoms with Crippen LogP contribution in [0.1, 0.15) is 17.4 Å². The molecule has 1 aromatic heterocycles. The van der Waals surface area contributed by atoms with Gasteiger partial charge in [-0.2, -0.15) is 0 Å². The standard InChI is InChI=1S/C11H16N4O3.ClH/c1-8-7-14(6-5-12-8)11(16)9-3-4-10(13(9)2)15(17)18;/h3-4,8,12H,5-7H2,1-2H3;1H/t8-;/m1./s1. The number of nitrogens with one attached hydrogen (secondary N) is 1. The zero-order valence-corrected chi connectivity index (χ0v) is 11.6. The maximum atomic E-state index is 12.3. The van der Waals surface area contributed by atoms with Crippen molar-refractivity contribution in [3.8, 4) is 0 Å². The minimum Gasteiger partial charge on any atom is -0.358 e. The number of aromatic nitrogens is 1. The molecule has 0 bridgehead atoms. The molecule has 0 unspecified atom stereocenters. The Kier molecular flexibility index (Phi) is 4.90. The van der Waals surface area contributed by atoms with Gasteiger partial charge in [-0.1, -0.05) is 0 Å². The fourth-order valence-electron chi connectivity index (χ4n) is 2.18. The molecule has 0 aromatic carbocycles. The van der Waals surface area contributed by atoms with Gasteiger partial charge in [0.2, 0.25) is 0 Å². The molecule has 1 atom stereocenters. The molecule has 8 heteroatoms. The number of rotatable bonds is 2. The molecular formula is C11H17ClN4O3. The van der Waals surface area contributed by atoms with Crippen molar-refractivity contribution < 1.29 is 9.72 Å². The molecule has 19 heavy (non-hydrogen) atoms. The lowest BCUT2D eigenvalue weighted by Gasteiger charge is -2.31. The van der Waals surface area contributed by atoms with E-state index in [2.05, 4.69) is 5.32 Å². The maximum absolute atomic E-state index is 12.3. The number of nitrogens with zero attached hydrogens (tertiary/aromatic N) is 3. The SMILES string of the molecule is C[C@@H]1CN(C(=O)c2ccc([N+](=O)[O-])n2C)CCN1.Cl. The zero-order valence-electron chi connectivity index (χ0n) is 10.8. The van der Waals surface area contributed by atoms with Crippen LogP contribution in [-0.2, 0) is 7.05 Å². The summed E-state index contributed by atoms with van der Waals surface area (Å²) in [6, 6.07) is 3.12. The summed E-state index contributed by atoms with van der Waals surface area (Å²) >= 11 is 0. The van der Waals surface area contributed by atoms with Crippen LogP contribution in [0.25, 0.3) is 0 Å². The number of halogens is 1. The highest BCUT2D eigenvalue weighted by Crippen LogP contribution is 2.17. The van der Waals surface area contributed by atoms with Gasteiger partial charge in [0.15, 0.2) is 5.69 Å². The van der Waals surface area contributed by atoms with Gasteiger partial charge in [0.25, 0.3) is 5.91 Å². The number of carbonyl (C=O) groups excluding carboxylic acids is 1. The van der Waals surface area contributed by atoms with Crippen molar-refractivity contribution in [2.24, 2.45) is 7.05 Å². The summed E-state index contributed by atoms with van der Waals surface area (Å²) in [5.74, 6) is -0.222. The van der Waals surface area contributed by atoms with Crippen LogP contribution in [0.15, 0.2) is 12.1 Å². The van der Waals surface area contributed by atoms with Gasteiger partial charge < -0.3 is 20.3 Å². The van der Waals surface area contributed by atoms with Crippen molar-refractivity contribution in [3.05, 3.63) is 27.9 Å². The number of hydrogen-bond donors (Lipinski definition) is 1. The van der Waals surface area contributed by atoms with Gasteiger partial charge >= 0.3 is 5.82 Å². The Balaban J connectivity index is 0.00000180. The molecule has 2 heterocycles. The summed E-state index contributed by atoms with van der Waals surface area (Å²) in [6.07, 6.45) is 0. The van der Waals surface area contributed by atoms with Gasteiger partial charge in [-0.15, -0.1) is 12.4 Å². The van der Waals surface area contributed by atoms with Gasteiger partial charge in [-0.25, -0.2) is 4.57 Å². The van der Waals surface area contributed by atoms with Crippen molar-refractivity contribution >= 4 is 24.1 Å². The Hall–Kier alpha value is -1.60. The highest BCUT2D eigenvalue weighted by atomic mass is 35.5. The molecule has 0 aliphatic carbocycles. The summed E-state index contributed by atoms with van der Waals surface area (Å²) in [5.41, 5.74) is 0.357. The van der Waals surface area contributed by atoms with Crippen LogP contribution in [0.5, 0.6) is 0 Å².